The Morgan fingerprint density at radius 3 is 1.27 bits per heavy atom. The van der Waals surface area contributed by atoms with Crippen molar-refractivity contribution in [2.24, 2.45) is 0 Å². The summed E-state index contributed by atoms with van der Waals surface area (Å²) in [5.74, 6) is 0. The van der Waals surface area contributed by atoms with Crippen molar-refractivity contribution in [3.63, 3.8) is 0 Å². The van der Waals surface area contributed by atoms with Crippen molar-refractivity contribution in [1.29, 1.82) is 0 Å². The predicted molar refractivity (Wildman–Crippen MR) is 193 cm³/mol. The molecule has 0 bridgehead atoms. The van der Waals surface area contributed by atoms with Crippen LogP contribution in [0.2, 0.25) is 0 Å². The Bertz CT molecular complexity index is 2460. The van der Waals surface area contributed by atoms with Gasteiger partial charge in [-0.2, -0.15) is 0 Å². The molecule has 7 aromatic carbocycles. The highest BCUT2D eigenvalue weighted by Crippen LogP contribution is 2.44. The highest BCUT2D eigenvalue weighted by atomic mass is 79.9. The molecule has 0 N–H and O–H groups in total. The van der Waals surface area contributed by atoms with Gasteiger partial charge < -0.3 is 0 Å². The van der Waals surface area contributed by atoms with Gasteiger partial charge in [0.15, 0.2) is 0 Å². The molecule has 0 atom stereocenters. The van der Waals surface area contributed by atoms with Gasteiger partial charge in [0.05, 0.1) is 11.0 Å². The lowest BCUT2D eigenvalue weighted by Crippen LogP contribution is -1.92. The topological polar surface area (TPSA) is 25.8 Å². The highest BCUT2D eigenvalue weighted by Gasteiger charge is 2.17. The lowest BCUT2D eigenvalue weighted by molar-refractivity contribution is 1.37. The van der Waals surface area contributed by atoms with Gasteiger partial charge in [-0.15, -0.1) is 0 Å². The van der Waals surface area contributed by atoms with Crippen molar-refractivity contribution < 1.29 is 0 Å². The van der Waals surface area contributed by atoms with Gasteiger partial charge in [0.1, 0.15) is 0 Å². The minimum atomic E-state index is 0.903. The lowest BCUT2D eigenvalue weighted by atomic mass is 9.91. The Morgan fingerprint density at radius 1 is 0.364 bits per heavy atom. The maximum absolute atomic E-state index is 4.92. The van der Waals surface area contributed by atoms with Crippen molar-refractivity contribution in [3.05, 3.63) is 143 Å². The van der Waals surface area contributed by atoms with Crippen LogP contribution in [-0.2, 0) is 0 Å². The molecule has 0 amide bonds. The Labute approximate surface area is 270 Å². The van der Waals surface area contributed by atoms with Crippen LogP contribution in [0.25, 0.3) is 87.1 Å². The molecule has 0 aliphatic heterocycles. The number of nitrogens with zero attached hydrogens (tertiary/aromatic N) is 2. The van der Waals surface area contributed by atoms with E-state index in [0.29, 0.717) is 0 Å². The van der Waals surface area contributed by atoms with Crippen LogP contribution in [0, 0.1) is 0 Å². The molecule has 0 saturated carbocycles. The Morgan fingerprint density at radius 2 is 0.795 bits per heavy atom. The third-order valence-corrected chi connectivity index (χ3v) is 10.5. The number of halogens is 2. The second-order valence-corrected chi connectivity index (χ2v) is 12.8. The molecule has 0 fully saturated rings. The lowest BCUT2D eigenvalue weighted by Gasteiger charge is -2.16. The fourth-order valence-corrected chi connectivity index (χ4v) is 8.47. The van der Waals surface area contributed by atoms with E-state index in [1.807, 2.05) is 12.4 Å². The smallest absolute Gasteiger partial charge is 0.0970 e. The number of rotatable bonds is 2. The molecule has 2 aromatic heterocycles. The maximum Gasteiger partial charge on any atom is 0.0970 e. The van der Waals surface area contributed by atoms with Crippen molar-refractivity contribution in [1.82, 2.24) is 9.97 Å². The first-order chi connectivity index (χ1) is 21.7. The van der Waals surface area contributed by atoms with E-state index < -0.39 is 0 Å². The van der Waals surface area contributed by atoms with Gasteiger partial charge in [0.2, 0.25) is 0 Å². The van der Waals surface area contributed by atoms with Crippen LogP contribution in [0.4, 0.5) is 0 Å². The summed E-state index contributed by atoms with van der Waals surface area (Å²) in [6, 6.07) is 43.4. The first-order valence-corrected chi connectivity index (χ1v) is 16.1. The second-order valence-electron chi connectivity index (χ2n) is 11.2. The standard InChI is InChI=1S/C40H22Br2N2/c41-37-27-11-3-1-7-23(27)21-25-9-5-13-31(35(25)37)29-17-19-43-39-33(29)15-16-34-30(18-20-44-40(34)39)32-14-6-10-26-22-24-8-2-4-12-28(24)38(42)36(26)32/h1-22H. The van der Waals surface area contributed by atoms with Gasteiger partial charge in [-0.05, 0) is 111 Å². The van der Waals surface area contributed by atoms with E-state index in [4.69, 9.17) is 9.97 Å². The third kappa shape index (κ3) is 3.78. The zero-order valence-corrected chi connectivity index (χ0v) is 26.5. The van der Waals surface area contributed by atoms with E-state index in [9.17, 15) is 0 Å². The number of hydrogen-bond donors (Lipinski definition) is 0. The Hall–Kier alpha value is -4.64. The molecule has 4 heteroatoms. The molecule has 44 heavy (non-hydrogen) atoms. The molecule has 0 radical (unpaired) electrons. The van der Waals surface area contributed by atoms with Crippen molar-refractivity contribution >= 4 is 96.8 Å². The van der Waals surface area contributed by atoms with Crippen molar-refractivity contribution in [2.75, 3.05) is 0 Å². The van der Waals surface area contributed by atoms with E-state index >= 15 is 0 Å². The molecular weight excluding hydrogens is 668 g/mol. The maximum atomic E-state index is 4.92. The van der Waals surface area contributed by atoms with Crippen molar-refractivity contribution in [3.8, 4) is 22.3 Å². The molecule has 2 heterocycles. The van der Waals surface area contributed by atoms with Gasteiger partial charge in [-0.3, -0.25) is 9.97 Å². The van der Waals surface area contributed by atoms with Gasteiger partial charge in [0.25, 0.3) is 0 Å². The SMILES string of the molecule is Brc1c2ccccc2cc2cccc(-c3ccnc4c3ccc3c(-c5cccc6cc7ccccc7c(Br)c56)ccnc34)c12. The first-order valence-electron chi connectivity index (χ1n) is 14.5. The van der Waals surface area contributed by atoms with Gasteiger partial charge in [-0.25, -0.2) is 0 Å². The minimum absolute atomic E-state index is 0.903. The Balaban J connectivity index is 1.31. The van der Waals surface area contributed by atoms with Gasteiger partial charge in [-0.1, -0.05) is 97.1 Å². The van der Waals surface area contributed by atoms with Crippen LogP contribution in [0.5, 0.6) is 0 Å². The van der Waals surface area contributed by atoms with E-state index in [-0.39, 0.29) is 0 Å². The predicted octanol–water partition coefficient (Wildman–Crippen LogP) is 12.3. The average molecular weight is 690 g/mol. The number of aromatic nitrogens is 2. The summed E-state index contributed by atoms with van der Waals surface area (Å²) in [6.07, 6.45) is 3.83. The molecule has 9 rings (SSSR count). The van der Waals surface area contributed by atoms with Crippen LogP contribution in [0.1, 0.15) is 0 Å². The van der Waals surface area contributed by atoms with Crippen LogP contribution < -0.4 is 0 Å². The number of benzene rings is 7. The quantitative estimate of drug-likeness (QED) is 0.133. The highest BCUT2D eigenvalue weighted by molar-refractivity contribution is 9.11. The van der Waals surface area contributed by atoms with E-state index in [1.165, 1.54) is 54.2 Å². The summed E-state index contributed by atoms with van der Waals surface area (Å²) in [5.41, 5.74) is 6.44. The summed E-state index contributed by atoms with van der Waals surface area (Å²) in [5, 5.41) is 11.8. The normalized spacial score (nSPS) is 11.9. The zero-order chi connectivity index (χ0) is 29.4. The Kier molecular flexibility index (Phi) is 5.84. The minimum Gasteiger partial charge on any atom is -0.254 e. The number of pyridine rings is 2. The largest absolute Gasteiger partial charge is 0.254 e. The van der Waals surface area contributed by atoms with Crippen molar-refractivity contribution in [2.45, 2.75) is 0 Å². The number of hydrogen-bond acceptors (Lipinski definition) is 2. The van der Waals surface area contributed by atoms with Crippen LogP contribution in [0.3, 0.4) is 0 Å². The van der Waals surface area contributed by atoms with Crippen LogP contribution >= 0.6 is 31.9 Å². The third-order valence-electron chi connectivity index (χ3n) is 8.85. The summed E-state index contributed by atoms with van der Waals surface area (Å²) < 4.78 is 2.22. The fraction of sp³-hybridized carbons (Fsp3) is 0. The summed E-state index contributed by atoms with van der Waals surface area (Å²) in [7, 11) is 0. The molecule has 206 valence electrons. The first kappa shape index (κ1) is 25.8. The molecule has 0 aliphatic rings. The monoisotopic (exact) mass is 688 g/mol. The molecule has 0 spiro atoms. The molecule has 0 saturated heterocycles. The van der Waals surface area contributed by atoms with Crippen LogP contribution in [0.15, 0.2) is 143 Å². The summed E-state index contributed by atoms with van der Waals surface area (Å²) in [6.45, 7) is 0. The molecule has 0 aliphatic carbocycles. The second kappa shape index (κ2) is 9.95. The van der Waals surface area contributed by atoms with E-state index in [2.05, 4.69) is 153 Å². The molecule has 0 unspecified atom stereocenters. The molecule has 2 nitrogen and oxygen atoms in total. The van der Waals surface area contributed by atoms with Crippen LogP contribution in [-0.4, -0.2) is 9.97 Å². The fourth-order valence-electron chi connectivity index (χ4n) is 6.87. The zero-order valence-electron chi connectivity index (χ0n) is 23.4. The molecule has 9 aromatic rings. The van der Waals surface area contributed by atoms with Gasteiger partial charge in [0, 0.05) is 42.9 Å². The average Bonchev–Trinajstić information content (AvgIpc) is 3.07. The summed E-state index contributed by atoms with van der Waals surface area (Å²) >= 11 is 7.96. The molecular formula is C40H22Br2N2. The number of fused-ring (bicyclic) bond motifs is 7. The van der Waals surface area contributed by atoms with E-state index in [1.54, 1.807) is 0 Å². The van der Waals surface area contributed by atoms with E-state index in [0.717, 1.165) is 41.9 Å². The van der Waals surface area contributed by atoms with Gasteiger partial charge >= 0.3 is 0 Å². The summed E-state index contributed by atoms with van der Waals surface area (Å²) in [4.78, 5) is 9.84.